The minimum absolute atomic E-state index is 0.0277. The maximum Gasteiger partial charge on any atom is 0.407 e. The lowest BCUT2D eigenvalue weighted by Crippen LogP contribution is -2.58. The molecule has 0 radical (unpaired) electrons. The topological polar surface area (TPSA) is 154 Å². The Balaban J connectivity index is 1.22. The number of carbonyl (C=O) groups is 4. The van der Waals surface area contributed by atoms with Crippen LogP contribution < -0.4 is 16.0 Å². The summed E-state index contributed by atoms with van der Waals surface area (Å²) in [5, 5.41) is 27.6. The van der Waals surface area contributed by atoms with Crippen molar-refractivity contribution in [2.24, 2.45) is 0 Å². The first-order valence-corrected chi connectivity index (χ1v) is 19.0. The average Bonchev–Trinajstić information content (AvgIpc) is 3.53. The molecule has 1 aliphatic carbocycles. The quantitative estimate of drug-likeness (QED) is 0.0807. The van der Waals surface area contributed by atoms with Crippen molar-refractivity contribution in [2.75, 3.05) is 12.4 Å². The van der Waals surface area contributed by atoms with E-state index in [1.165, 1.54) is 25.6 Å². The Bertz CT molecular complexity index is 1970. The molecule has 0 saturated heterocycles. The number of hydrogen-bond donors (Lipinski definition) is 5. The summed E-state index contributed by atoms with van der Waals surface area (Å²) >= 11 is 1.39. The van der Waals surface area contributed by atoms with Crippen molar-refractivity contribution in [3.63, 3.8) is 0 Å². The van der Waals surface area contributed by atoms with Gasteiger partial charge in [0.15, 0.2) is 6.04 Å². The molecule has 282 valence electrons. The molecule has 6 rings (SSSR count). The van der Waals surface area contributed by atoms with Gasteiger partial charge in [-0.25, -0.2) is 9.59 Å². The van der Waals surface area contributed by atoms with Gasteiger partial charge in [0.25, 0.3) is 0 Å². The van der Waals surface area contributed by atoms with Crippen molar-refractivity contribution in [1.29, 1.82) is 0 Å². The van der Waals surface area contributed by atoms with E-state index in [1.54, 1.807) is 0 Å². The number of hydrogen-bond acceptors (Lipinski definition) is 7. The zero-order valence-electron chi connectivity index (χ0n) is 30.4. The fourth-order valence-electron chi connectivity index (χ4n) is 6.98. The first-order chi connectivity index (χ1) is 26.6. The van der Waals surface area contributed by atoms with Gasteiger partial charge in [-0.2, -0.15) is 0 Å². The predicted octanol–water partition coefficient (Wildman–Crippen LogP) is 6.07. The molecule has 4 atom stereocenters. The van der Waals surface area contributed by atoms with Gasteiger partial charge in [0.05, 0.1) is 10.9 Å². The van der Waals surface area contributed by atoms with Gasteiger partial charge in [-0.3, -0.25) is 9.59 Å². The van der Waals surface area contributed by atoms with Crippen molar-refractivity contribution in [2.45, 2.75) is 48.7 Å². The monoisotopic (exact) mass is 757 g/mol. The van der Waals surface area contributed by atoms with E-state index in [0.717, 1.165) is 38.9 Å². The average molecular weight is 758 g/mol. The van der Waals surface area contributed by atoms with Crippen molar-refractivity contribution >= 4 is 35.6 Å². The highest BCUT2D eigenvalue weighted by atomic mass is 32.2. The first-order valence-electron chi connectivity index (χ1n) is 18.0. The SMILES string of the molecule is C[C@H](NC(=O)OCC1c2ccccc2-c2ccccc21)C(=O)N[C@@H](CSC(c1ccccc1)(c1ccccc1)c1ccccc1)C(=O)N[C@H](C(=O)O)[C@@H](C)O. The van der Waals surface area contributed by atoms with Crippen LogP contribution in [-0.2, 0) is 23.9 Å². The molecule has 5 aromatic carbocycles. The van der Waals surface area contributed by atoms with Gasteiger partial charge >= 0.3 is 12.1 Å². The molecule has 10 nitrogen and oxygen atoms in total. The maximum absolute atomic E-state index is 13.9. The first kappa shape index (κ1) is 38.8. The summed E-state index contributed by atoms with van der Waals surface area (Å²) < 4.78 is 4.78. The number of aliphatic hydroxyl groups is 1. The second kappa shape index (κ2) is 17.5. The number of thioether (sulfide) groups is 1. The molecular formula is C44H43N3O7S. The summed E-state index contributed by atoms with van der Waals surface area (Å²) in [7, 11) is 0. The van der Waals surface area contributed by atoms with Gasteiger partial charge in [-0.1, -0.05) is 140 Å². The third-order valence-corrected chi connectivity index (χ3v) is 11.4. The molecule has 55 heavy (non-hydrogen) atoms. The third-order valence-electron chi connectivity index (χ3n) is 9.76. The van der Waals surface area contributed by atoms with Crippen LogP contribution in [0.5, 0.6) is 0 Å². The van der Waals surface area contributed by atoms with Crippen LogP contribution in [0.25, 0.3) is 11.1 Å². The number of benzene rings is 5. The molecule has 1 aliphatic rings. The number of alkyl carbamates (subject to hydrolysis) is 1. The lowest BCUT2D eigenvalue weighted by Gasteiger charge is -2.36. The molecule has 5 aromatic rings. The van der Waals surface area contributed by atoms with Crippen LogP contribution >= 0.6 is 11.8 Å². The van der Waals surface area contributed by atoms with Gasteiger partial charge in [0.1, 0.15) is 18.7 Å². The molecule has 0 unspecified atom stereocenters. The number of carbonyl (C=O) groups excluding carboxylic acids is 3. The molecule has 0 bridgehead atoms. The minimum Gasteiger partial charge on any atom is -0.480 e. The Morgan fingerprint density at radius 1 is 0.655 bits per heavy atom. The molecule has 0 spiro atoms. The Hall–Kier alpha value is -5.91. The summed E-state index contributed by atoms with van der Waals surface area (Å²) in [4.78, 5) is 52.7. The van der Waals surface area contributed by atoms with E-state index in [1.807, 2.05) is 140 Å². The largest absolute Gasteiger partial charge is 0.480 e. The summed E-state index contributed by atoms with van der Waals surface area (Å²) in [6, 6.07) is 41.2. The lowest BCUT2D eigenvalue weighted by atomic mass is 9.84. The van der Waals surface area contributed by atoms with E-state index >= 15 is 0 Å². The Labute approximate surface area is 324 Å². The van der Waals surface area contributed by atoms with Crippen LogP contribution in [0.2, 0.25) is 0 Å². The van der Waals surface area contributed by atoms with Crippen molar-refractivity contribution in [3.05, 3.63) is 167 Å². The number of carboxylic acid groups (broad SMARTS) is 1. The highest BCUT2D eigenvalue weighted by Crippen LogP contribution is 2.49. The molecular weight excluding hydrogens is 715 g/mol. The summed E-state index contributed by atoms with van der Waals surface area (Å²) in [6.45, 7) is 2.77. The molecule has 0 heterocycles. The van der Waals surface area contributed by atoms with Gasteiger partial charge in [0.2, 0.25) is 11.8 Å². The normalized spacial score (nSPS) is 14.3. The van der Waals surface area contributed by atoms with E-state index in [0.29, 0.717) is 0 Å². The van der Waals surface area contributed by atoms with Gasteiger partial charge in [-0.15, -0.1) is 11.8 Å². The molecule has 0 aromatic heterocycles. The van der Waals surface area contributed by atoms with Crippen molar-refractivity contribution in [1.82, 2.24) is 16.0 Å². The molecule has 11 heteroatoms. The second-order valence-electron chi connectivity index (χ2n) is 13.4. The number of carboxylic acids is 1. The van der Waals surface area contributed by atoms with Gasteiger partial charge in [0, 0.05) is 11.7 Å². The second-order valence-corrected chi connectivity index (χ2v) is 14.6. The molecule has 0 aliphatic heterocycles. The zero-order chi connectivity index (χ0) is 39.0. The van der Waals surface area contributed by atoms with E-state index in [-0.39, 0.29) is 18.3 Å². The fourth-order valence-corrected chi connectivity index (χ4v) is 8.54. The van der Waals surface area contributed by atoms with Crippen LogP contribution in [0.15, 0.2) is 140 Å². The summed E-state index contributed by atoms with van der Waals surface area (Å²) in [6.07, 6.45) is -2.23. The maximum atomic E-state index is 13.9. The Morgan fingerprint density at radius 3 is 1.56 bits per heavy atom. The zero-order valence-corrected chi connectivity index (χ0v) is 31.2. The van der Waals surface area contributed by atoms with Crippen molar-refractivity contribution in [3.8, 4) is 11.1 Å². The van der Waals surface area contributed by atoms with Gasteiger partial charge in [-0.05, 0) is 52.8 Å². The van der Waals surface area contributed by atoms with Crippen LogP contribution in [0, 0.1) is 0 Å². The van der Waals surface area contributed by atoms with E-state index < -0.39 is 52.9 Å². The summed E-state index contributed by atoms with van der Waals surface area (Å²) in [5.41, 5.74) is 7.00. The molecule has 5 N–H and O–H groups in total. The smallest absolute Gasteiger partial charge is 0.407 e. The van der Waals surface area contributed by atoms with E-state index in [2.05, 4.69) is 16.0 Å². The Morgan fingerprint density at radius 2 is 1.11 bits per heavy atom. The van der Waals surface area contributed by atoms with Crippen LogP contribution in [0.4, 0.5) is 4.79 Å². The lowest BCUT2D eigenvalue weighted by molar-refractivity contribution is -0.145. The fraction of sp³-hybridized carbons (Fsp3) is 0.227. The number of amides is 3. The highest BCUT2D eigenvalue weighted by Gasteiger charge is 2.40. The van der Waals surface area contributed by atoms with Crippen LogP contribution in [-0.4, -0.2) is 70.7 Å². The predicted molar refractivity (Wildman–Crippen MR) is 213 cm³/mol. The number of ether oxygens (including phenoxy) is 1. The van der Waals surface area contributed by atoms with Gasteiger partial charge < -0.3 is 30.9 Å². The standard InChI is InChI=1S/C44H43N3O7S/c1-28(45-43(53)54-26-37-35-24-14-12-22-33(35)34-23-13-15-25-36(34)37)40(49)46-38(41(50)47-39(29(2)48)42(51)52)27-55-44(30-16-6-3-7-17-30,31-18-8-4-9-19-31)32-20-10-5-11-21-32/h3-25,28-29,37-39,48H,26-27H2,1-2H3,(H,45,53)(H,46,49)(H,47,50)(H,51,52)/t28-,29+,38-,39-/m0/s1. The molecule has 3 amide bonds. The Kier molecular flexibility index (Phi) is 12.3. The highest BCUT2D eigenvalue weighted by molar-refractivity contribution is 8.00. The number of nitrogens with one attached hydrogen (secondary N) is 3. The van der Waals surface area contributed by atoms with E-state index in [9.17, 15) is 29.4 Å². The number of aliphatic carboxylic acids is 1. The third kappa shape index (κ3) is 8.58. The van der Waals surface area contributed by atoms with E-state index in [4.69, 9.17) is 4.74 Å². The number of fused-ring (bicyclic) bond motifs is 3. The molecule has 0 fully saturated rings. The summed E-state index contributed by atoms with van der Waals surface area (Å²) in [5.74, 6) is -3.14. The number of aliphatic hydroxyl groups excluding tert-OH is 1. The van der Waals surface area contributed by atoms with Crippen molar-refractivity contribution < 1.29 is 34.1 Å². The van der Waals surface area contributed by atoms with Crippen LogP contribution in [0.1, 0.15) is 47.6 Å². The molecule has 0 saturated carbocycles. The number of rotatable bonds is 15. The minimum atomic E-state index is -1.63. The van der Waals surface area contributed by atoms with Crippen LogP contribution in [0.3, 0.4) is 0 Å².